The Morgan fingerprint density at radius 3 is 2.61 bits per heavy atom. The molecule has 1 aromatic carbocycles. The van der Waals surface area contributed by atoms with Crippen molar-refractivity contribution in [3.05, 3.63) is 28.7 Å². The van der Waals surface area contributed by atoms with E-state index in [0.717, 1.165) is 30.5 Å². The van der Waals surface area contributed by atoms with Crippen LogP contribution in [0.5, 0.6) is 0 Å². The fourth-order valence-electron chi connectivity index (χ4n) is 2.80. The lowest BCUT2D eigenvalue weighted by molar-refractivity contribution is 0.163. The van der Waals surface area contributed by atoms with Gasteiger partial charge in [-0.25, -0.2) is 0 Å². The van der Waals surface area contributed by atoms with Crippen LogP contribution in [0.2, 0.25) is 0 Å². The molecule has 1 aliphatic rings. The first kappa shape index (κ1) is 13.9. The van der Waals surface area contributed by atoms with Crippen LogP contribution in [0, 0.1) is 11.3 Å². The first-order valence-corrected chi connectivity index (χ1v) is 7.53. The average molecular weight is 311 g/mol. The fourth-order valence-corrected chi connectivity index (χ4v) is 3.07. The maximum Gasteiger partial charge on any atom is 0.0367 e. The Morgan fingerprint density at radius 1 is 1.33 bits per heavy atom. The molecule has 1 aromatic rings. The Morgan fingerprint density at radius 2 is 2.00 bits per heavy atom. The highest BCUT2D eigenvalue weighted by Crippen LogP contribution is 2.38. The van der Waals surface area contributed by atoms with Crippen molar-refractivity contribution in [3.63, 3.8) is 0 Å². The Bertz CT molecular complexity index is 386. The van der Waals surface area contributed by atoms with Gasteiger partial charge < -0.3 is 10.6 Å². The molecule has 2 nitrogen and oxygen atoms in total. The molecule has 2 N–H and O–H groups in total. The summed E-state index contributed by atoms with van der Waals surface area (Å²) in [6.45, 7) is 7.84. The molecule has 2 rings (SSSR count). The van der Waals surface area contributed by atoms with E-state index < -0.39 is 0 Å². The van der Waals surface area contributed by atoms with Crippen LogP contribution in [0.4, 0.5) is 5.69 Å². The van der Waals surface area contributed by atoms with Gasteiger partial charge in [0.25, 0.3) is 0 Å². The van der Waals surface area contributed by atoms with Crippen molar-refractivity contribution < 1.29 is 0 Å². The molecule has 0 spiro atoms. The molecule has 1 fully saturated rings. The minimum atomic E-state index is 0.422. The van der Waals surface area contributed by atoms with E-state index in [4.69, 9.17) is 5.73 Å². The summed E-state index contributed by atoms with van der Waals surface area (Å²) in [5, 5.41) is 0. The monoisotopic (exact) mass is 310 g/mol. The molecule has 0 bridgehead atoms. The molecule has 1 heterocycles. The van der Waals surface area contributed by atoms with Gasteiger partial charge in [-0.05, 0) is 55.0 Å². The van der Waals surface area contributed by atoms with Crippen LogP contribution in [0.3, 0.4) is 0 Å². The number of piperidine rings is 1. The SMILES string of the molecule is CC1(C)CCN(c2ccc(Br)cc2)CC1CCN. The maximum absolute atomic E-state index is 5.76. The highest BCUT2D eigenvalue weighted by Gasteiger charge is 2.34. The number of halogens is 1. The molecule has 0 aromatic heterocycles. The summed E-state index contributed by atoms with van der Waals surface area (Å²) in [6.07, 6.45) is 2.37. The van der Waals surface area contributed by atoms with E-state index in [1.54, 1.807) is 0 Å². The van der Waals surface area contributed by atoms with Crippen molar-refractivity contribution >= 4 is 21.6 Å². The molecular formula is C15H23BrN2. The van der Waals surface area contributed by atoms with Crippen LogP contribution >= 0.6 is 15.9 Å². The molecule has 1 unspecified atom stereocenters. The van der Waals surface area contributed by atoms with Gasteiger partial charge in [-0.1, -0.05) is 29.8 Å². The third-order valence-corrected chi connectivity index (χ3v) is 4.81. The Labute approximate surface area is 119 Å². The number of nitrogens with two attached hydrogens (primary N) is 1. The second-order valence-corrected chi connectivity index (χ2v) is 6.85. The predicted octanol–water partition coefficient (Wildman–Crippen LogP) is 3.65. The van der Waals surface area contributed by atoms with Gasteiger partial charge in [-0.15, -0.1) is 0 Å². The summed E-state index contributed by atoms with van der Waals surface area (Å²) >= 11 is 3.49. The van der Waals surface area contributed by atoms with Gasteiger partial charge in [0.1, 0.15) is 0 Å². The first-order chi connectivity index (χ1) is 8.53. The van der Waals surface area contributed by atoms with Crippen molar-refractivity contribution in [2.75, 3.05) is 24.5 Å². The van der Waals surface area contributed by atoms with Crippen LogP contribution in [0.25, 0.3) is 0 Å². The highest BCUT2D eigenvalue weighted by molar-refractivity contribution is 9.10. The molecule has 3 heteroatoms. The van der Waals surface area contributed by atoms with E-state index in [2.05, 4.69) is 58.9 Å². The van der Waals surface area contributed by atoms with E-state index in [9.17, 15) is 0 Å². The fraction of sp³-hybridized carbons (Fsp3) is 0.600. The first-order valence-electron chi connectivity index (χ1n) is 6.73. The second kappa shape index (κ2) is 5.62. The van der Waals surface area contributed by atoms with Gasteiger partial charge in [-0.3, -0.25) is 0 Å². The predicted molar refractivity (Wildman–Crippen MR) is 81.9 cm³/mol. The van der Waals surface area contributed by atoms with Gasteiger partial charge >= 0.3 is 0 Å². The quantitative estimate of drug-likeness (QED) is 0.923. The van der Waals surface area contributed by atoms with Crippen LogP contribution in [0.15, 0.2) is 28.7 Å². The van der Waals surface area contributed by atoms with E-state index in [1.807, 2.05) is 0 Å². The number of benzene rings is 1. The van der Waals surface area contributed by atoms with Crippen LogP contribution in [-0.4, -0.2) is 19.6 Å². The van der Waals surface area contributed by atoms with Crippen molar-refractivity contribution in [3.8, 4) is 0 Å². The third-order valence-electron chi connectivity index (χ3n) is 4.28. The smallest absolute Gasteiger partial charge is 0.0367 e. The van der Waals surface area contributed by atoms with E-state index >= 15 is 0 Å². The van der Waals surface area contributed by atoms with E-state index in [-0.39, 0.29) is 0 Å². The molecule has 0 amide bonds. The molecule has 0 radical (unpaired) electrons. The highest BCUT2D eigenvalue weighted by atomic mass is 79.9. The molecule has 1 atom stereocenters. The summed E-state index contributed by atoms with van der Waals surface area (Å²) in [4.78, 5) is 2.50. The minimum absolute atomic E-state index is 0.422. The van der Waals surface area contributed by atoms with Crippen LogP contribution < -0.4 is 10.6 Å². The molecule has 0 saturated carbocycles. The van der Waals surface area contributed by atoms with Crippen molar-refractivity contribution in [1.82, 2.24) is 0 Å². The van der Waals surface area contributed by atoms with Crippen LogP contribution in [0.1, 0.15) is 26.7 Å². The minimum Gasteiger partial charge on any atom is -0.371 e. The molecular weight excluding hydrogens is 288 g/mol. The number of hydrogen-bond donors (Lipinski definition) is 1. The van der Waals surface area contributed by atoms with Gasteiger partial charge in [0.2, 0.25) is 0 Å². The lowest BCUT2D eigenvalue weighted by Gasteiger charge is -2.45. The molecule has 1 aliphatic heterocycles. The lowest BCUT2D eigenvalue weighted by atomic mass is 9.72. The number of rotatable bonds is 3. The summed E-state index contributed by atoms with van der Waals surface area (Å²) in [5.74, 6) is 0.694. The van der Waals surface area contributed by atoms with Crippen LogP contribution in [-0.2, 0) is 0 Å². The van der Waals surface area contributed by atoms with Gasteiger partial charge in [0.15, 0.2) is 0 Å². The van der Waals surface area contributed by atoms with Crippen molar-refractivity contribution in [2.45, 2.75) is 26.7 Å². The Kier molecular flexibility index (Phi) is 4.33. The van der Waals surface area contributed by atoms with E-state index in [0.29, 0.717) is 11.3 Å². The summed E-state index contributed by atoms with van der Waals surface area (Å²) in [5.41, 5.74) is 7.51. The standard InChI is InChI=1S/C15H23BrN2/c1-15(2)8-10-18(11-12(15)7-9-17)14-5-3-13(16)4-6-14/h3-6,12H,7-11,17H2,1-2H3. The lowest BCUT2D eigenvalue weighted by Crippen LogP contribution is -2.45. The summed E-state index contributed by atoms with van der Waals surface area (Å²) < 4.78 is 1.14. The van der Waals surface area contributed by atoms with Crippen molar-refractivity contribution in [1.29, 1.82) is 0 Å². The molecule has 0 aliphatic carbocycles. The summed E-state index contributed by atoms with van der Waals surface area (Å²) in [7, 11) is 0. The number of anilines is 1. The largest absolute Gasteiger partial charge is 0.371 e. The zero-order valence-corrected chi connectivity index (χ0v) is 12.9. The summed E-state index contributed by atoms with van der Waals surface area (Å²) in [6, 6.07) is 8.63. The topological polar surface area (TPSA) is 29.3 Å². The number of nitrogens with zero attached hydrogens (tertiary/aromatic N) is 1. The second-order valence-electron chi connectivity index (χ2n) is 5.94. The zero-order valence-electron chi connectivity index (χ0n) is 11.3. The normalized spacial score (nSPS) is 23.1. The molecule has 1 saturated heterocycles. The average Bonchev–Trinajstić information content (AvgIpc) is 2.33. The maximum atomic E-state index is 5.76. The van der Waals surface area contributed by atoms with E-state index in [1.165, 1.54) is 12.1 Å². The van der Waals surface area contributed by atoms with Gasteiger partial charge in [-0.2, -0.15) is 0 Å². The van der Waals surface area contributed by atoms with Gasteiger partial charge in [0, 0.05) is 23.2 Å². The Balaban J connectivity index is 2.10. The van der Waals surface area contributed by atoms with Crippen molar-refractivity contribution in [2.24, 2.45) is 17.1 Å². The number of hydrogen-bond acceptors (Lipinski definition) is 2. The third kappa shape index (κ3) is 3.07. The Hall–Kier alpha value is -0.540. The molecule has 18 heavy (non-hydrogen) atoms. The van der Waals surface area contributed by atoms with Gasteiger partial charge in [0.05, 0.1) is 0 Å². The molecule has 100 valence electrons. The zero-order chi connectivity index (χ0) is 13.2.